The van der Waals surface area contributed by atoms with Crippen LogP contribution in [0.2, 0.25) is 0 Å². The lowest BCUT2D eigenvalue weighted by Gasteiger charge is -2.44. The molecule has 1 aliphatic heterocycles. The number of rotatable bonds is 8. The fraction of sp³-hybridized carbons (Fsp3) is 0.0545. The Morgan fingerprint density at radius 2 is 1.14 bits per heavy atom. The molecule has 0 saturated carbocycles. The fourth-order valence-electron chi connectivity index (χ4n) is 9.03. The predicted molar refractivity (Wildman–Crippen MR) is 241 cm³/mol. The summed E-state index contributed by atoms with van der Waals surface area (Å²) in [6.07, 6.45) is 12.2. The van der Waals surface area contributed by atoms with Gasteiger partial charge in [0.15, 0.2) is 0 Å². The van der Waals surface area contributed by atoms with Gasteiger partial charge in [-0.1, -0.05) is 182 Å². The molecular weight excluding hydrogens is 705 g/mol. The Kier molecular flexibility index (Phi) is 8.84. The van der Waals surface area contributed by atoms with Gasteiger partial charge in [-0.25, -0.2) is 0 Å². The van der Waals surface area contributed by atoms with Crippen LogP contribution in [0.4, 0.5) is 0 Å². The molecule has 1 atom stereocenters. The van der Waals surface area contributed by atoms with E-state index in [-0.39, 0.29) is 0 Å². The lowest BCUT2D eigenvalue weighted by atomic mass is 9.61. The number of nitrogens with one attached hydrogen (secondary N) is 2. The van der Waals surface area contributed by atoms with Gasteiger partial charge in [-0.2, -0.15) is 0 Å². The second-order valence-electron chi connectivity index (χ2n) is 15.1. The smallest absolute Gasteiger partial charge is 0.140 e. The van der Waals surface area contributed by atoms with Crippen LogP contribution in [-0.2, 0) is 5.41 Å². The Hall–Kier alpha value is -7.36. The lowest BCUT2D eigenvalue weighted by molar-refractivity contribution is 0.440. The topological polar surface area (TPSA) is 56.9 Å². The maximum Gasteiger partial charge on any atom is 0.140 e. The molecule has 10 rings (SSSR count). The number of hydrogen-bond acceptors (Lipinski definition) is 3. The van der Waals surface area contributed by atoms with Crippen LogP contribution in [-0.4, -0.2) is 11.4 Å². The highest BCUT2D eigenvalue weighted by Gasteiger charge is 2.47. The molecule has 0 bridgehead atoms. The van der Waals surface area contributed by atoms with Gasteiger partial charge in [0.25, 0.3) is 0 Å². The largest absolute Gasteiger partial charge is 0.455 e. The average Bonchev–Trinajstić information content (AvgIpc) is 3.30. The molecule has 1 unspecified atom stereocenters. The highest BCUT2D eigenvalue weighted by atomic mass is 16.5. The molecule has 0 radical (unpaired) electrons. The standard InChI is InChI=1S/C55H40N2O/c56-51(38-17-4-1-5-18-38)32-33-52(57)42-22-15-20-40(35-42)39-19-14-21-41(34-39)48-36-50-54(47-29-13-12-28-46(47)48)58-53-45-27-11-10-16-37(45)30-31-49(53)55(50,43-23-6-2-7-24-43)44-25-8-3-9-26-44/h1-8,10-25,27-36,56-57H,9,26H2/b33-32-,56-51?,57-52?. The summed E-state index contributed by atoms with van der Waals surface area (Å²) in [6.45, 7) is 0. The third-order valence-electron chi connectivity index (χ3n) is 11.8. The normalized spacial score (nSPS) is 15.8. The summed E-state index contributed by atoms with van der Waals surface area (Å²) in [5.41, 5.74) is 11.0. The van der Waals surface area contributed by atoms with Crippen molar-refractivity contribution in [2.45, 2.75) is 18.3 Å². The fourth-order valence-corrected chi connectivity index (χ4v) is 9.03. The van der Waals surface area contributed by atoms with Gasteiger partial charge < -0.3 is 15.6 Å². The van der Waals surface area contributed by atoms with Crippen molar-refractivity contribution in [2.24, 2.45) is 0 Å². The molecule has 0 spiro atoms. The van der Waals surface area contributed by atoms with Gasteiger partial charge in [-0.15, -0.1) is 0 Å². The number of ether oxygens (including phenoxy) is 1. The first kappa shape index (κ1) is 35.1. The zero-order chi connectivity index (χ0) is 39.1. The molecule has 2 aliphatic rings. The van der Waals surface area contributed by atoms with E-state index in [2.05, 4.69) is 152 Å². The van der Waals surface area contributed by atoms with E-state index < -0.39 is 5.41 Å². The number of fused-ring (bicyclic) bond motifs is 6. The Bertz CT molecular complexity index is 3010. The molecule has 3 nitrogen and oxygen atoms in total. The van der Waals surface area contributed by atoms with Gasteiger partial charge in [0.2, 0.25) is 0 Å². The quantitative estimate of drug-likeness (QED) is 0.150. The van der Waals surface area contributed by atoms with Crippen molar-refractivity contribution >= 4 is 33.0 Å². The van der Waals surface area contributed by atoms with E-state index in [1.165, 1.54) is 11.1 Å². The summed E-state index contributed by atoms with van der Waals surface area (Å²) in [5.74, 6) is 1.82. The van der Waals surface area contributed by atoms with E-state index in [1.54, 1.807) is 12.2 Å². The number of hydrogen-bond donors (Lipinski definition) is 2. The van der Waals surface area contributed by atoms with E-state index in [0.29, 0.717) is 11.4 Å². The molecule has 0 saturated heterocycles. The van der Waals surface area contributed by atoms with Crippen molar-refractivity contribution in [3.63, 3.8) is 0 Å². The lowest BCUT2D eigenvalue weighted by Crippen LogP contribution is -2.35. The SMILES string of the molecule is N=C(/C=C\C(=N)c1cccc(-c2cccc(-c3cc4c(c5ccccc35)Oc3c(ccc5ccccc35)C4(C3=CC=CCC3)c3ccccc3)c2)c1)c1ccccc1. The third-order valence-corrected chi connectivity index (χ3v) is 11.8. The average molecular weight is 745 g/mol. The van der Waals surface area contributed by atoms with Crippen molar-refractivity contribution < 1.29 is 4.74 Å². The van der Waals surface area contributed by atoms with Crippen molar-refractivity contribution in [3.05, 3.63) is 240 Å². The molecule has 276 valence electrons. The summed E-state index contributed by atoms with van der Waals surface area (Å²) < 4.78 is 7.27. The van der Waals surface area contributed by atoms with Gasteiger partial charge >= 0.3 is 0 Å². The first-order valence-electron chi connectivity index (χ1n) is 19.9. The molecule has 3 heteroatoms. The van der Waals surface area contributed by atoms with Crippen LogP contribution in [0.1, 0.15) is 40.7 Å². The second kappa shape index (κ2) is 14.6. The molecule has 0 fully saturated rings. The van der Waals surface area contributed by atoms with Gasteiger partial charge in [0.1, 0.15) is 11.5 Å². The Morgan fingerprint density at radius 1 is 0.517 bits per heavy atom. The van der Waals surface area contributed by atoms with E-state index in [1.807, 2.05) is 42.5 Å². The molecule has 1 heterocycles. The van der Waals surface area contributed by atoms with Crippen LogP contribution in [0, 0.1) is 10.8 Å². The van der Waals surface area contributed by atoms with Crippen LogP contribution in [0.15, 0.2) is 212 Å². The molecule has 8 aromatic rings. The number of benzene rings is 8. The van der Waals surface area contributed by atoms with E-state index in [9.17, 15) is 0 Å². The molecule has 0 aromatic heterocycles. The van der Waals surface area contributed by atoms with Crippen molar-refractivity contribution in [1.29, 1.82) is 10.8 Å². The first-order valence-corrected chi connectivity index (χ1v) is 19.9. The highest BCUT2D eigenvalue weighted by molar-refractivity contribution is 6.14. The monoisotopic (exact) mass is 744 g/mol. The van der Waals surface area contributed by atoms with Crippen LogP contribution in [0.3, 0.4) is 0 Å². The number of allylic oxidation sites excluding steroid dienone is 6. The highest BCUT2D eigenvalue weighted by Crippen LogP contribution is 2.60. The maximum atomic E-state index is 8.89. The molecule has 58 heavy (non-hydrogen) atoms. The van der Waals surface area contributed by atoms with Crippen LogP contribution >= 0.6 is 0 Å². The summed E-state index contributed by atoms with van der Waals surface area (Å²) in [5, 5.41) is 21.8. The van der Waals surface area contributed by atoms with E-state index in [0.717, 1.165) is 90.4 Å². The van der Waals surface area contributed by atoms with Gasteiger partial charge in [0, 0.05) is 21.9 Å². The summed E-state index contributed by atoms with van der Waals surface area (Å²) >= 11 is 0. The molecular formula is C55H40N2O. The Labute approximate surface area is 338 Å². The summed E-state index contributed by atoms with van der Waals surface area (Å²) in [7, 11) is 0. The first-order chi connectivity index (χ1) is 28.6. The van der Waals surface area contributed by atoms with Crippen molar-refractivity contribution in [2.75, 3.05) is 0 Å². The van der Waals surface area contributed by atoms with Crippen molar-refractivity contribution in [1.82, 2.24) is 0 Å². The van der Waals surface area contributed by atoms with Crippen LogP contribution in [0.5, 0.6) is 11.5 Å². The van der Waals surface area contributed by atoms with Crippen LogP contribution < -0.4 is 4.74 Å². The minimum Gasteiger partial charge on any atom is -0.455 e. The Balaban J connectivity index is 1.15. The minimum atomic E-state index is -0.603. The zero-order valence-corrected chi connectivity index (χ0v) is 32.0. The molecule has 8 aromatic carbocycles. The Morgan fingerprint density at radius 3 is 1.91 bits per heavy atom. The predicted octanol–water partition coefficient (Wildman–Crippen LogP) is 14.0. The molecule has 1 aliphatic carbocycles. The summed E-state index contributed by atoms with van der Waals surface area (Å²) in [6, 6.07) is 61.7. The van der Waals surface area contributed by atoms with Crippen LogP contribution in [0.25, 0.3) is 43.8 Å². The molecule has 0 amide bonds. The van der Waals surface area contributed by atoms with Gasteiger partial charge in [-0.05, 0) is 92.9 Å². The second-order valence-corrected chi connectivity index (χ2v) is 15.1. The molecule has 2 N–H and O–H groups in total. The maximum absolute atomic E-state index is 8.89. The van der Waals surface area contributed by atoms with E-state index >= 15 is 0 Å². The van der Waals surface area contributed by atoms with Gasteiger partial charge in [0.05, 0.1) is 16.8 Å². The third kappa shape index (κ3) is 5.91. The zero-order valence-electron chi connectivity index (χ0n) is 32.0. The summed E-state index contributed by atoms with van der Waals surface area (Å²) in [4.78, 5) is 0. The van der Waals surface area contributed by atoms with Crippen molar-refractivity contribution in [3.8, 4) is 33.8 Å². The minimum absolute atomic E-state index is 0.358. The van der Waals surface area contributed by atoms with Gasteiger partial charge in [-0.3, -0.25) is 0 Å². The van der Waals surface area contributed by atoms with E-state index in [4.69, 9.17) is 15.6 Å².